The summed E-state index contributed by atoms with van der Waals surface area (Å²) in [5, 5.41) is 2.81. The number of amides is 1. The first kappa shape index (κ1) is 22.4. The van der Waals surface area contributed by atoms with E-state index in [9.17, 15) is 17.6 Å². The predicted molar refractivity (Wildman–Crippen MR) is 117 cm³/mol. The van der Waals surface area contributed by atoms with Crippen molar-refractivity contribution in [1.82, 2.24) is 19.2 Å². The van der Waals surface area contributed by atoms with Crippen LogP contribution in [-0.2, 0) is 39.6 Å². The molecule has 0 atom stereocenters. The molecule has 0 radical (unpaired) electrons. The van der Waals surface area contributed by atoms with Gasteiger partial charge >= 0.3 is 0 Å². The van der Waals surface area contributed by atoms with E-state index in [-0.39, 0.29) is 23.0 Å². The van der Waals surface area contributed by atoms with Gasteiger partial charge < -0.3 is 14.6 Å². The second-order valence-corrected chi connectivity index (χ2v) is 9.60. The molecule has 2 heterocycles. The molecular weight excluding hydrogens is 435 g/mol. The minimum absolute atomic E-state index is 0.142. The van der Waals surface area contributed by atoms with Crippen molar-refractivity contribution in [3.05, 3.63) is 59.7 Å². The van der Waals surface area contributed by atoms with Crippen molar-refractivity contribution < 1.29 is 22.3 Å². The molecule has 3 aromatic rings. The zero-order valence-electron chi connectivity index (χ0n) is 17.8. The minimum atomic E-state index is -3.60. The molecule has 1 amide bonds. The smallest absolute Gasteiger partial charge is 0.243 e. The molecule has 4 rings (SSSR count). The monoisotopic (exact) mass is 460 g/mol. The van der Waals surface area contributed by atoms with Crippen molar-refractivity contribution in [2.24, 2.45) is 7.05 Å². The third kappa shape index (κ3) is 4.82. The van der Waals surface area contributed by atoms with Gasteiger partial charge in [0.2, 0.25) is 15.9 Å². The molecule has 0 unspecified atom stereocenters. The molecule has 2 aromatic carbocycles. The van der Waals surface area contributed by atoms with Crippen LogP contribution >= 0.6 is 0 Å². The first-order valence-corrected chi connectivity index (χ1v) is 11.8. The lowest BCUT2D eigenvalue weighted by Crippen LogP contribution is -2.40. The van der Waals surface area contributed by atoms with Gasteiger partial charge in [-0.3, -0.25) is 4.79 Å². The number of nitrogens with one attached hydrogen (secondary N) is 1. The van der Waals surface area contributed by atoms with Crippen LogP contribution < -0.4 is 5.32 Å². The van der Waals surface area contributed by atoms with Gasteiger partial charge in [-0.1, -0.05) is 12.1 Å². The summed E-state index contributed by atoms with van der Waals surface area (Å²) in [5.41, 5.74) is 2.19. The average molecular weight is 461 g/mol. The number of carbonyl (C=O) groups is 1. The van der Waals surface area contributed by atoms with Crippen LogP contribution in [0.15, 0.2) is 47.4 Å². The van der Waals surface area contributed by atoms with Crippen LogP contribution in [0.5, 0.6) is 0 Å². The number of sulfonamides is 1. The average Bonchev–Trinajstić information content (AvgIpc) is 3.12. The molecule has 0 aliphatic carbocycles. The van der Waals surface area contributed by atoms with Crippen molar-refractivity contribution >= 4 is 27.0 Å². The molecule has 1 aliphatic rings. The number of fused-ring (bicyclic) bond motifs is 1. The summed E-state index contributed by atoms with van der Waals surface area (Å²) in [4.78, 5) is 17.0. The number of aryl methyl sites for hydroxylation is 2. The van der Waals surface area contributed by atoms with Gasteiger partial charge in [-0.15, -0.1) is 0 Å². The summed E-state index contributed by atoms with van der Waals surface area (Å²) in [7, 11) is -1.76. The van der Waals surface area contributed by atoms with Gasteiger partial charge in [0.15, 0.2) is 0 Å². The minimum Gasteiger partial charge on any atom is -0.379 e. The number of hydrogen-bond acceptors (Lipinski definition) is 5. The summed E-state index contributed by atoms with van der Waals surface area (Å²) >= 11 is 0. The summed E-state index contributed by atoms with van der Waals surface area (Å²) in [6.45, 7) is 1.77. The molecule has 1 saturated heterocycles. The van der Waals surface area contributed by atoms with Crippen LogP contribution in [0.3, 0.4) is 0 Å². The fourth-order valence-electron chi connectivity index (χ4n) is 3.67. The quantitative estimate of drug-likeness (QED) is 0.582. The number of aromatic nitrogens is 2. The second-order valence-electron chi connectivity index (χ2n) is 7.66. The Balaban J connectivity index is 1.42. The molecule has 0 bridgehead atoms. The Kier molecular flexibility index (Phi) is 6.54. The lowest BCUT2D eigenvalue weighted by Gasteiger charge is -2.26. The maximum absolute atomic E-state index is 13.0. The van der Waals surface area contributed by atoms with Crippen LogP contribution in [-0.4, -0.2) is 54.5 Å². The van der Waals surface area contributed by atoms with E-state index in [4.69, 9.17) is 4.74 Å². The zero-order valence-corrected chi connectivity index (χ0v) is 18.6. The van der Waals surface area contributed by atoms with Gasteiger partial charge in [0.1, 0.15) is 11.6 Å². The molecule has 0 spiro atoms. The van der Waals surface area contributed by atoms with Gasteiger partial charge in [0.05, 0.1) is 29.1 Å². The van der Waals surface area contributed by atoms with E-state index in [0.717, 1.165) is 11.1 Å². The van der Waals surface area contributed by atoms with Crippen LogP contribution in [0.1, 0.15) is 17.8 Å². The van der Waals surface area contributed by atoms with Crippen LogP contribution in [0, 0.1) is 5.82 Å². The largest absolute Gasteiger partial charge is 0.379 e. The Hall–Kier alpha value is -2.82. The Morgan fingerprint density at radius 2 is 1.88 bits per heavy atom. The third-order valence-corrected chi connectivity index (χ3v) is 7.43. The molecule has 8 nitrogen and oxygen atoms in total. The second kappa shape index (κ2) is 9.35. The van der Waals surface area contributed by atoms with E-state index in [1.807, 2.05) is 11.6 Å². The summed E-state index contributed by atoms with van der Waals surface area (Å²) in [5.74, 6) is 0.234. The van der Waals surface area contributed by atoms with E-state index in [1.54, 1.807) is 30.3 Å². The van der Waals surface area contributed by atoms with Crippen molar-refractivity contribution in [1.29, 1.82) is 0 Å². The summed E-state index contributed by atoms with van der Waals surface area (Å²) in [6.07, 6.45) is 0.642. The van der Waals surface area contributed by atoms with E-state index in [0.29, 0.717) is 50.6 Å². The number of halogens is 1. The molecule has 1 aliphatic heterocycles. The highest BCUT2D eigenvalue weighted by Crippen LogP contribution is 2.23. The molecule has 1 fully saturated rings. The molecular formula is C22H25FN4O4S. The molecule has 10 heteroatoms. The number of ether oxygens (including phenoxy) is 1. The summed E-state index contributed by atoms with van der Waals surface area (Å²) < 4.78 is 47.3. The Morgan fingerprint density at radius 1 is 1.16 bits per heavy atom. The van der Waals surface area contributed by atoms with Crippen molar-refractivity contribution in [3.8, 4) is 0 Å². The SMILES string of the molecule is Cn1c(CCC(=O)NCc2ccc(F)cc2)nc2cc(S(=O)(=O)N3CCOCC3)ccc21. The van der Waals surface area contributed by atoms with Gasteiger partial charge in [0, 0.05) is 39.5 Å². The van der Waals surface area contributed by atoms with Gasteiger partial charge in [-0.05, 0) is 35.9 Å². The van der Waals surface area contributed by atoms with E-state index in [1.165, 1.54) is 16.4 Å². The number of benzene rings is 2. The maximum Gasteiger partial charge on any atom is 0.243 e. The van der Waals surface area contributed by atoms with E-state index >= 15 is 0 Å². The van der Waals surface area contributed by atoms with E-state index in [2.05, 4.69) is 10.3 Å². The Morgan fingerprint density at radius 3 is 2.59 bits per heavy atom. The zero-order chi connectivity index (χ0) is 22.7. The number of hydrogen-bond donors (Lipinski definition) is 1. The van der Waals surface area contributed by atoms with Crippen molar-refractivity contribution in [2.45, 2.75) is 24.3 Å². The molecule has 1 N–H and O–H groups in total. The fraction of sp³-hybridized carbons (Fsp3) is 0.364. The standard InChI is InChI=1S/C22H25FN4O4S/c1-26-20-7-6-18(32(29,30)27-10-12-31-13-11-27)14-19(20)25-21(26)8-9-22(28)24-15-16-2-4-17(23)5-3-16/h2-7,14H,8-13,15H2,1H3,(H,24,28). The lowest BCUT2D eigenvalue weighted by molar-refractivity contribution is -0.121. The molecule has 170 valence electrons. The van der Waals surface area contributed by atoms with Gasteiger partial charge in [-0.25, -0.2) is 17.8 Å². The maximum atomic E-state index is 13.0. The molecule has 32 heavy (non-hydrogen) atoms. The number of rotatable bonds is 7. The highest BCUT2D eigenvalue weighted by Gasteiger charge is 2.27. The molecule has 0 saturated carbocycles. The first-order valence-electron chi connectivity index (χ1n) is 10.4. The highest BCUT2D eigenvalue weighted by atomic mass is 32.2. The van der Waals surface area contributed by atoms with Crippen LogP contribution in [0.2, 0.25) is 0 Å². The predicted octanol–water partition coefficient (Wildman–Crippen LogP) is 1.98. The number of imidazole rings is 1. The number of morpholine rings is 1. The van der Waals surface area contributed by atoms with Crippen molar-refractivity contribution in [3.63, 3.8) is 0 Å². The number of nitrogens with zero attached hydrogens (tertiary/aromatic N) is 3. The topological polar surface area (TPSA) is 93.5 Å². The molecule has 1 aromatic heterocycles. The van der Waals surface area contributed by atoms with Gasteiger partial charge in [0.25, 0.3) is 0 Å². The normalized spacial score (nSPS) is 15.2. The fourth-order valence-corrected chi connectivity index (χ4v) is 5.09. The summed E-state index contributed by atoms with van der Waals surface area (Å²) in [6, 6.07) is 10.9. The third-order valence-electron chi connectivity index (χ3n) is 5.53. The Bertz CT molecular complexity index is 1220. The van der Waals surface area contributed by atoms with Gasteiger partial charge in [-0.2, -0.15) is 4.31 Å². The lowest BCUT2D eigenvalue weighted by atomic mass is 10.2. The highest BCUT2D eigenvalue weighted by molar-refractivity contribution is 7.89. The first-order chi connectivity index (χ1) is 15.3. The van der Waals surface area contributed by atoms with Crippen LogP contribution in [0.25, 0.3) is 11.0 Å². The van der Waals surface area contributed by atoms with Crippen molar-refractivity contribution in [2.75, 3.05) is 26.3 Å². The van der Waals surface area contributed by atoms with E-state index < -0.39 is 10.0 Å². The van der Waals surface area contributed by atoms with Crippen LogP contribution in [0.4, 0.5) is 4.39 Å². The Labute approximate surface area is 186 Å². The number of carbonyl (C=O) groups excluding carboxylic acids is 1.